The fourth-order valence-electron chi connectivity index (χ4n) is 2.50. The first-order valence-corrected chi connectivity index (χ1v) is 7.17. The van der Waals surface area contributed by atoms with Crippen LogP contribution in [0.1, 0.15) is 32.6 Å². The lowest BCUT2D eigenvalue weighted by Gasteiger charge is -2.37. The molecule has 1 fully saturated rings. The number of amides is 1. The fourth-order valence-corrected chi connectivity index (χ4v) is 2.50. The summed E-state index contributed by atoms with van der Waals surface area (Å²) in [7, 11) is 0. The molecule has 0 aliphatic carbocycles. The van der Waals surface area contributed by atoms with Gasteiger partial charge in [0.05, 0.1) is 6.04 Å². The van der Waals surface area contributed by atoms with E-state index in [2.05, 4.69) is 4.99 Å². The van der Waals surface area contributed by atoms with E-state index >= 15 is 0 Å². The van der Waals surface area contributed by atoms with Gasteiger partial charge in [-0.25, -0.2) is 4.79 Å². The molecule has 1 aliphatic heterocycles. The topological polar surface area (TPSA) is 148 Å². The van der Waals surface area contributed by atoms with Gasteiger partial charge < -0.3 is 27.2 Å². The lowest BCUT2D eigenvalue weighted by atomic mass is 9.91. The standard InChI is InChI=1S/C13H25N5O3/c1-8-4-6-18(10(7-8)12(20)21)11(19)9(14)3-2-5-17-13(15)16/h8-10H,2-7,14H2,1H3,(H,20,21)(H4,15,16,17)/t8-,9+,10-/m1/s1. The minimum Gasteiger partial charge on any atom is -0.480 e. The molecule has 3 atom stereocenters. The molecule has 0 aromatic carbocycles. The Morgan fingerprint density at radius 2 is 2.10 bits per heavy atom. The molecular formula is C13H25N5O3. The van der Waals surface area contributed by atoms with Crippen molar-refractivity contribution in [2.24, 2.45) is 28.1 Å². The van der Waals surface area contributed by atoms with Crippen molar-refractivity contribution in [3.8, 4) is 0 Å². The van der Waals surface area contributed by atoms with Crippen LogP contribution in [0.2, 0.25) is 0 Å². The number of guanidine groups is 1. The molecule has 0 spiro atoms. The Bertz CT molecular complexity index is 409. The van der Waals surface area contributed by atoms with Gasteiger partial charge in [-0.2, -0.15) is 0 Å². The second-order valence-electron chi connectivity index (χ2n) is 5.57. The second kappa shape index (κ2) is 7.82. The molecule has 21 heavy (non-hydrogen) atoms. The molecule has 0 saturated carbocycles. The van der Waals surface area contributed by atoms with Gasteiger partial charge in [0.1, 0.15) is 6.04 Å². The smallest absolute Gasteiger partial charge is 0.326 e. The highest BCUT2D eigenvalue weighted by atomic mass is 16.4. The molecule has 7 N–H and O–H groups in total. The third-order valence-electron chi connectivity index (χ3n) is 3.72. The van der Waals surface area contributed by atoms with E-state index in [1.165, 1.54) is 4.90 Å². The van der Waals surface area contributed by atoms with Gasteiger partial charge in [0, 0.05) is 13.1 Å². The van der Waals surface area contributed by atoms with Crippen molar-refractivity contribution in [1.82, 2.24) is 4.90 Å². The highest BCUT2D eigenvalue weighted by Crippen LogP contribution is 2.23. The van der Waals surface area contributed by atoms with Crippen molar-refractivity contribution < 1.29 is 14.7 Å². The van der Waals surface area contributed by atoms with Gasteiger partial charge in [0.15, 0.2) is 5.96 Å². The van der Waals surface area contributed by atoms with E-state index in [0.29, 0.717) is 38.3 Å². The maximum absolute atomic E-state index is 12.3. The summed E-state index contributed by atoms with van der Waals surface area (Å²) in [5.74, 6) is -0.972. The van der Waals surface area contributed by atoms with Crippen LogP contribution >= 0.6 is 0 Å². The Morgan fingerprint density at radius 1 is 1.43 bits per heavy atom. The number of nitrogens with two attached hydrogens (primary N) is 3. The van der Waals surface area contributed by atoms with E-state index in [1.807, 2.05) is 6.92 Å². The average Bonchev–Trinajstić information content (AvgIpc) is 2.42. The Morgan fingerprint density at radius 3 is 2.67 bits per heavy atom. The predicted octanol–water partition coefficient (Wildman–Crippen LogP) is -0.921. The van der Waals surface area contributed by atoms with Crippen LogP contribution in [-0.4, -0.2) is 53.0 Å². The number of carbonyl (C=O) groups excluding carboxylic acids is 1. The van der Waals surface area contributed by atoms with Gasteiger partial charge in [-0.15, -0.1) is 0 Å². The van der Waals surface area contributed by atoms with Gasteiger partial charge in [-0.3, -0.25) is 9.79 Å². The molecule has 0 aromatic heterocycles. The van der Waals surface area contributed by atoms with Crippen molar-refractivity contribution >= 4 is 17.8 Å². The first-order valence-electron chi connectivity index (χ1n) is 7.17. The SMILES string of the molecule is C[C@@H]1CCN(C(=O)[C@@H](N)CCCN=C(N)N)[C@@H](C(=O)O)C1. The van der Waals surface area contributed by atoms with E-state index < -0.39 is 18.1 Å². The fraction of sp³-hybridized carbons (Fsp3) is 0.769. The zero-order chi connectivity index (χ0) is 16.0. The minimum atomic E-state index is -0.970. The second-order valence-corrected chi connectivity index (χ2v) is 5.57. The largest absolute Gasteiger partial charge is 0.480 e. The third kappa shape index (κ3) is 5.22. The lowest BCUT2D eigenvalue weighted by molar-refractivity contribution is -0.153. The molecule has 8 heteroatoms. The molecule has 1 saturated heterocycles. The minimum absolute atomic E-state index is 0.00542. The summed E-state index contributed by atoms with van der Waals surface area (Å²) in [6, 6.07) is -1.49. The van der Waals surface area contributed by atoms with Gasteiger partial charge in [-0.1, -0.05) is 6.92 Å². The first kappa shape index (κ1) is 17.2. The highest BCUT2D eigenvalue weighted by molar-refractivity contribution is 5.87. The molecule has 8 nitrogen and oxygen atoms in total. The van der Waals surface area contributed by atoms with E-state index in [-0.39, 0.29) is 11.9 Å². The summed E-state index contributed by atoms with van der Waals surface area (Å²) in [5.41, 5.74) is 16.3. The van der Waals surface area contributed by atoms with Crippen LogP contribution < -0.4 is 17.2 Å². The summed E-state index contributed by atoms with van der Waals surface area (Å²) in [4.78, 5) is 28.8. The molecule has 120 valence electrons. The zero-order valence-electron chi connectivity index (χ0n) is 12.4. The van der Waals surface area contributed by atoms with Crippen molar-refractivity contribution in [3.63, 3.8) is 0 Å². The summed E-state index contributed by atoms with van der Waals surface area (Å²) < 4.78 is 0. The van der Waals surface area contributed by atoms with Gasteiger partial charge in [0.25, 0.3) is 0 Å². The maximum atomic E-state index is 12.3. The number of carboxylic acids is 1. The number of aliphatic imine (C=N–C) groups is 1. The van der Waals surface area contributed by atoms with Crippen LogP contribution in [0.3, 0.4) is 0 Å². The number of rotatable bonds is 6. The number of aliphatic carboxylic acids is 1. The number of hydrogen-bond acceptors (Lipinski definition) is 4. The molecular weight excluding hydrogens is 274 g/mol. The number of carboxylic acid groups (broad SMARTS) is 1. The number of hydrogen-bond donors (Lipinski definition) is 4. The van der Waals surface area contributed by atoms with E-state index in [9.17, 15) is 14.7 Å². The molecule has 0 unspecified atom stereocenters. The van der Waals surface area contributed by atoms with Crippen LogP contribution in [0, 0.1) is 5.92 Å². The van der Waals surface area contributed by atoms with Crippen molar-refractivity contribution in [2.45, 2.75) is 44.7 Å². The summed E-state index contributed by atoms with van der Waals surface area (Å²) in [6.07, 6.45) is 2.28. The van der Waals surface area contributed by atoms with E-state index in [0.717, 1.165) is 6.42 Å². The summed E-state index contributed by atoms with van der Waals surface area (Å²) in [5, 5.41) is 9.25. The van der Waals surface area contributed by atoms with Crippen LogP contribution in [0.25, 0.3) is 0 Å². The lowest BCUT2D eigenvalue weighted by Crippen LogP contribution is -2.54. The molecule has 1 amide bonds. The van der Waals surface area contributed by atoms with Crippen molar-refractivity contribution in [2.75, 3.05) is 13.1 Å². The van der Waals surface area contributed by atoms with Crippen LogP contribution in [0.15, 0.2) is 4.99 Å². The molecule has 0 radical (unpaired) electrons. The Kier molecular flexibility index (Phi) is 6.41. The van der Waals surface area contributed by atoms with Gasteiger partial charge in [0.2, 0.25) is 5.91 Å². The quantitative estimate of drug-likeness (QED) is 0.283. The maximum Gasteiger partial charge on any atom is 0.326 e. The molecule has 1 rings (SSSR count). The number of piperidine rings is 1. The molecule has 1 heterocycles. The molecule has 1 aliphatic rings. The monoisotopic (exact) mass is 299 g/mol. The highest BCUT2D eigenvalue weighted by Gasteiger charge is 2.36. The van der Waals surface area contributed by atoms with E-state index in [4.69, 9.17) is 17.2 Å². The average molecular weight is 299 g/mol. The first-order chi connectivity index (χ1) is 9.82. The number of nitrogens with zero attached hydrogens (tertiary/aromatic N) is 2. The Hall–Kier alpha value is -1.83. The third-order valence-corrected chi connectivity index (χ3v) is 3.72. The predicted molar refractivity (Wildman–Crippen MR) is 79.4 cm³/mol. The van der Waals surface area contributed by atoms with Gasteiger partial charge >= 0.3 is 5.97 Å². The van der Waals surface area contributed by atoms with E-state index in [1.54, 1.807) is 0 Å². The van der Waals surface area contributed by atoms with Crippen LogP contribution in [0.4, 0.5) is 0 Å². The van der Waals surface area contributed by atoms with Crippen LogP contribution in [0.5, 0.6) is 0 Å². The van der Waals surface area contributed by atoms with Gasteiger partial charge in [-0.05, 0) is 31.6 Å². The summed E-state index contributed by atoms with van der Waals surface area (Å²) in [6.45, 7) is 2.84. The Labute approximate surface area is 124 Å². The number of likely N-dealkylation sites (tertiary alicyclic amines) is 1. The molecule has 0 bridgehead atoms. The summed E-state index contributed by atoms with van der Waals surface area (Å²) >= 11 is 0. The normalized spacial score (nSPS) is 23.4. The molecule has 0 aromatic rings. The Balaban J connectivity index is 2.55. The van der Waals surface area contributed by atoms with Crippen LogP contribution in [-0.2, 0) is 9.59 Å². The zero-order valence-corrected chi connectivity index (χ0v) is 12.4. The van der Waals surface area contributed by atoms with Crippen molar-refractivity contribution in [3.05, 3.63) is 0 Å². The number of carbonyl (C=O) groups is 2. The van der Waals surface area contributed by atoms with Crippen molar-refractivity contribution in [1.29, 1.82) is 0 Å².